The maximum atomic E-state index is 5.13. The number of nitrogens with zero attached hydrogens (tertiary/aromatic N) is 1. The predicted molar refractivity (Wildman–Crippen MR) is 110 cm³/mol. The van der Waals surface area contributed by atoms with E-state index in [2.05, 4.69) is 56.3 Å². The molecule has 3 unspecified atom stereocenters. The van der Waals surface area contributed by atoms with Gasteiger partial charge in [0.15, 0.2) is 0 Å². The largest absolute Gasteiger partial charge is 0.306 e. The fourth-order valence-corrected chi connectivity index (χ4v) is 10.5. The van der Waals surface area contributed by atoms with E-state index in [1.807, 2.05) is 0 Å². The highest BCUT2D eigenvalue weighted by Gasteiger charge is 2.55. The smallest absolute Gasteiger partial charge is 0.0986 e. The van der Waals surface area contributed by atoms with Gasteiger partial charge < -0.3 is 4.90 Å². The van der Waals surface area contributed by atoms with Crippen molar-refractivity contribution in [2.24, 2.45) is 5.92 Å². The van der Waals surface area contributed by atoms with Gasteiger partial charge in [0.2, 0.25) is 0 Å². The van der Waals surface area contributed by atoms with E-state index >= 15 is 0 Å². The molecule has 2 aliphatic rings. The molecule has 2 saturated carbocycles. The number of rotatable bonds is 5. The van der Waals surface area contributed by atoms with Crippen LogP contribution in [-0.4, -0.2) is 36.4 Å². The first kappa shape index (κ1) is 18.4. The molecule has 0 amide bonds. The molecule has 0 bridgehead atoms. The van der Waals surface area contributed by atoms with Crippen LogP contribution in [-0.2, 0) is 0 Å². The van der Waals surface area contributed by atoms with Crippen molar-refractivity contribution in [1.29, 1.82) is 0 Å². The Morgan fingerprint density at radius 3 is 2.25 bits per heavy atom. The van der Waals surface area contributed by atoms with E-state index in [-0.39, 0.29) is 0 Å². The third-order valence-electron chi connectivity index (χ3n) is 7.02. The van der Waals surface area contributed by atoms with Crippen LogP contribution in [0.25, 0.3) is 0 Å². The summed E-state index contributed by atoms with van der Waals surface area (Å²) in [4.78, 5) is 2.44. The fraction of sp³-hybridized carbons (Fsp3) is 0.682. The molecule has 2 heteroatoms. The molecule has 0 N–H and O–H groups in total. The summed E-state index contributed by atoms with van der Waals surface area (Å²) in [5.74, 6) is 0.827. The monoisotopic (exact) mass is 345 g/mol. The average molecular weight is 346 g/mol. The Morgan fingerprint density at radius 2 is 1.62 bits per heavy atom. The minimum Gasteiger partial charge on any atom is -0.306 e. The minimum atomic E-state index is -1.37. The number of benzene rings is 1. The van der Waals surface area contributed by atoms with Gasteiger partial charge >= 0.3 is 0 Å². The van der Waals surface area contributed by atoms with Crippen LogP contribution in [0.2, 0.25) is 0 Å². The normalized spacial score (nSPS) is 29.5. The van der Waals surface area contributed by atoms with Crippen LogP contribution in [0.4, 0.5) is 0 Å². The van der Waals surface area contributed by atoms with Gasteiger partial charge in [0.25, 0.3) is 0 Å². The van der Waals surface area contributed by atoms with Gasteiger partial charge in [0.05, 0.1) is 30.5 Å². The topological polar surface area (TPSA) is 3.24 Å². The van der Waals surface area contributed by atoms with Gasteiger partial charge in [-0.1, -0.05) is 24.6 Å². The zero-order chi connectivity index (χ0) is 17.2. The van der Waals surface area contributed by atoms with Crippen molar-refractivity contribution in [1.82, 2.24) is 4.90 Å². The highest BCUT2D eigenvalue weighted by atomic mass is 31.2. The molecule has 1 radical (unpaired) electrons. The summed E-state index contributed by atoms with van der Waals surface area (Å²) in [6, 6.07) is 12.2. The lowest BCUT2D eigenvalue weighted by atomic mass is 9.98. The number of hydrogen-bond donors (Lipinski definition) is 0. The van der Waals surface area contributed by atoms with Crippen LogP contribution in [0.3, 0.4) is 0 Å². The van der Waals surface area contributed by atoms with Gasteiger partial charge in [0.1, 0.15) is 0 Å². The van der Waals surface area contributed by atoms with Crippen LogP contribution in [0, 0.1) is 12.6 Å². The van der Waals surface area contributed by atoms with E-state index in [1.165, 1.54) is 51.4 Å². The lowest BCUT2D eigenvalue weighted by Crippen LogP contribution is -2.41. The summed E-state index contributed by atoms with van der Waals surface area (Å²) in [6.45, 7) is 7.57. The third kappa shape index (κ3) is 3.45. The van der Waals surface area contributed by atoms with Crippen molar-refractivity contribution < 1.29 is 0 Å². The summed E-state index contributed by atoms with van der Waals surface area (Å²) in [5, 5.41) is 1.61. The predicted octanol–water partition coefficient (Wildman–Crippen LogP) is 5.57. The van der Waals surface area contributed by atoms with Crippen molar-refractivity contribution in [2.75, 3.05) is 14.1 Å². The van der Waals surface area contributed by atoms with Crippen LogP contribution in [0.5, 0.6) is 0 Å². The Hall–Kier alpha value is -0.390. The van der Waals surface area contributed by atoms with Gasteiger partial charge in [-0.05, 0) is 78.1 Å². The molecule has 1 nitrogen and oxygen atoms in total. The Kier molecular flexibility index (Phi) is 6.04. The van der Waals surface area contributed by atoms with E-state index in [0.29, 0.717) is 6.04 Å². The summed E-state index contributed by atoms with van der Waals surface area (Å²) in [6.07, 6.45) is 11.4. The molecule has 24 heavy (non-hydrogen) atoms. The van der Waals surface area contributed by atoms with Crippen LogP contribution >= 0.6 is 7.26 Å². The molecular formula is C22H36NP+. The quantitative estimate of drug-likeness (QED) is 0.630. The molecular weight excluding hydrogens is 309 g/mol. The highest BCUT2D eigenvalue weighted by Crippen LogP contribution is 2.72. The van der Waals surface area contributed by atoms with Crippen molar-refractivity contribution in [3.8, 4) is 0 Å². The lowest BCUT2D eigenvalue weighted by molar-refractivity contribution is 0.231. The second-order valence-electron chi connectivity index (χ2n) is 8.42. The van der Waals surface area contributed by atoms with Gasteiger partial charge in [-0.3, -0.25) is 0 Å². The highest BCUT2D eigenvalue weighted by molar-refractivity contribution is 7.85. The molecule has 133 valence electrons. The molecule has 4 atom stereocenters. The number of hydrogen-bond acceptors (Lipinski definition) is 1. The molecule has 1 aromatic rings. The SMILES string of the molecule is [CH2][P+](c1ccccc1)(C1CCCCC1)C1CCCC1[C@@H](C)N(C)C. The summed E-state index contributed by atoms with van der Waals surface area (Å²) < 4.78 is 0. The molecule has 0 spiro atoms. The van der Waals surface area contributed by atoms with Gasteiger partial charge in [-0.2, -0.15) is 0 Å². The molecule has 3 rings (SSSR count). The van der Waals surface area contributed by atoms with E-state index in [9.17, 15) is 0 Å². The van der Waals surface area contributed by atoms with Gasteiger partial charge in [-0.15, -0.1) is 0 Å². The van der Waals surface area contributed by atoms with E-state index in [0.717, 1.165) is 17.2 Å². The summed E-state index contributed by atoms with van der Waals surface area (Å²) in [5.41, 5.74) is 1.70. The van der Waals surface area contributed by atoms with E-state index in [4.69, 9.17) is 6.66 Å². The van der Waals surface area contributed by atoms with Crippen molar-refractivity contribution >= 4 is 12.6 Å². The molecule has 0 heterocycles. The standard InChI is InChI=1S/C22H36NP/c1-18(23(2)3)21-16-11-17-22(21)24(4,19-12-7-5-8-13-19)20-14-9-6-10-15-20/h5,7-8,12-13,18,20-22H,4,6,9-11,14-17H2,1-3H3/q+1/t18-,21?,22?,24?/m1/s1. The van der Waals surface area contributed by atoms with Crippen molar-refractivity contribution in [3.63, 3.8) is 0 Å². The Bertz CT molecular complexity index is 508. The fourth-order valence-electron chi connectivity index (χ4n) is 5.41. The van der Waals surface area contributed by atoms with Gasteiger partial charge in [-0.25, -0.2) is 0 Å². The van der Waals surface area contributed by atoms with Crippen LogP contribution in [0.1, 0.15) is 58.3 Å². The lowest BCUT2D eigenvalue weighted by Gasteiger charge is -2.42. The summed E-state index contributed by atoms with van der Waals surface area (Å²) in [7, 11) is 3.14. The first-order chi connectivity index (χ1) is 11.5. The molecule has 2 fully saturated rings. The van der Waals surface area contributed by atoms with E-state index < -0.39 is 7.26 Å². The van der Waals surface area contributed by atoms with E-state index in [1.54, 1.807) is 5.30 Å². The first-order valence-corrected chi connectivity index (χ1v) is 12.1. The molecule has 0 aromatic heterocycles. The Morgan fingerprint density at radius 1 is 0.958 bits per heavy atom. The summed E-state index contributed by atoms with van der Waals surface area (Å²) >= 11 is 0. The second-order valence-corrected chi connectivity index (χ2v) is 12.2. The molecule has 0 aliphatic heterocycles. The second kappa shape index (κ2) is 7.88. The molecule has 1 aromatic carbocycles. The van der Waals surface area contributed by atoms with Crippen LogP contribution in [0.15, 0.2) is 30.3 Å². The first-order valence-electron chi connectivity index (χ1n) is 10.00. The average Bonchev–Trinajstić information content (AvgIpc) is 3.12. The Labute approximate surface area is 150 Å². The van der Waals surface area contributed by atoms with Gasteiger partial charge in [0, 0.05) is 12.0 Å². The van der Waals surface area contributed by atoms with Crippen molar-refractivity contribution in [2.45, 2.75) is 75.7 Å². The molecule has 0 saturated heterocycles. The maximum Gasteiger partial charge on any atom is 0.0986 e. The van der Waals surface area contributed by atoms with Crippen LogP contribution < -0.4 is 5.30 Å². The minimum absolute atomic E-state index is 0.672. The van der Waals surface area contributed by atoms with Crippen molar-refractivity contribution in [3.05, 3.63) is 37.0 Å². The zero-order valence-electron chi connectivity index (χ0n) is 16.0. The Balaban J connectivity index is 1.97. The third-order valence-corrected chi connectivity index (χ3v) is 11.9. The zero-order valence-corrected chi connectivity index (χ0v) is 16.8. The molecule has 2 aliphatic carbocycles. The maximum absolute atomic E-state index is 5.13.